The molecule has 1 aromatic carbocycles. The predicted molar refractivity (Wildman–Crippen MR) is 46.3 cm³/mol. The van der Waals surface area contributed by atoms with Crippen LogP contribution in [0.4, 0.5) is 14.7 Å². The second-order valence-corrected chi connectivity index (χ2v) is 2.73. The van der Waals surface area contributed by atoms with Gasteiger partial charge in [-0.25, -0.2) is 13.8 Å². The van der Waals surface area contributed by atoms with Crippen molar-refractivity contribution in [1.82, 2.24) is 4.98 Å². The van der Waals surface area contributed by atoms with Crippen LogP contribution < -0.4 is 5.73 Å². The van der Waals surface area contributed by atoms with Crippen LogP contribution >= 0.6 is 0 Å². The normalized spacial score (nSPS) is 10.4. The topological polar surface area (TPSA) is 52.0 Å². The Balaban J connectivity index is 2.51. The van der Waals surface area contributed by atoms with E-state index >= 15 is 0 Å². The van der Waals surface area contributed by atoms with Crippen LogP contribution in [-0.2, 0) is 0 Å². The number of anilines is 1. The van der Waals surface area contributed by atoms with E-state index in [1.165, 1.54) is 6.20 Å². The summed E-state index contributed by atoms with van der Waals surface area (Å²) in [6.45, 7) is 0. The molecule has 0 spiro atoms. The molecule has 1 heterocycles. The summed E-state index contributed by atoms with van der Waals surface area (Å²) >= 11 is 0. The van der Waals surface area contributed by atoms with Gasteiger partial charge in [-0.15, -0.1) is 0 Å². The van der Waals surface area contributed by atoms with E-state index in [1.807, 2.05) is 0 Å². The summed E-state index contributed by atoms with van der Waals surface area (Å²) in [5, 5.41) is 0. The van der Waals surface area contributed by atoms with Crippen LogP contribution in [0.1, 0.15) is 0 Å². The van der Waals surface area contributed by atoms with Crippen LogP contribution in [0.2, 0.25) is 0 Å². The monoisotopic (exact) mass is 196 g/mol. The van der Waals surface area contributed by atoms with Crippen LogP contribution in [0.5, 0.6) is 0 Å². The number of nitrogens with zero attached hydrogens (tertiary/aromatic N) is 1. The molecule has 2 N–H and O–H groups in total. The molecule has 0 bridgehead atoms. The molecule has 0 aliphatic rings. The lowest BCUT2D eigenvalue weighted by molar-refractivity contribution is 0.573. The predicted octanol–water partition coefficient (Wildman–Crippen LogP) is 2.20. The highest BCUT2D eigenvalue weighted by Crippen LogP contribution is 2.21. The maximum atomic E-state index is 12.8. The molecule has 0 unspecified atom stereocenters. The maximum absolute atomic E-state index is 12.8. The Labute approximate surface area is 78.2 Å². The molecule has 14 heavy (non-hydrogen) atoms. The Morgan fingerprint density at radius 1 is 1.14 bits per heavy atom. The van der Waals surface area contributed by atoms with Gasteiger partial charge >= 0.3 is 0 Å². The highest BCUT2D eigenvalue weighted by Gasteiger charge is 2.07. The zero-order valence-corrected chi connectivity index (χ0v) is 7.00. The van der Waals surface area contributed by atoms with Gasteiger partial charge in [0.2, 0.25) is 11.8 Å². The average molecular weight is 196 g/mol. The van der Waals surface area contributed by atoms with E-state index in [0.717, 1.165) is 18.2 Å². The summed E-state index contributed by atoms with van der Waals surface area (Å²) in [6.07, 6.45) is 1.28. The quantitative estimate of drug-likeness (QED) is 0.760. The fourth-order valence-corrected chi connectivity index (χ4v) is 1.10. The van der Waals surface area contributed by atoms with Gasteiger partial charge in [-0.3, -0.25) is 0 Å². The molecule has 0 saturated heterocycles. The lowest BCUT2D eigenvalue weighted by Crippen LogP contribution is -1.83. The minimum absolute atomic E-state index is 0.0981. The summed E-state index contributed by atoms with van der Waals surface area (Å²) < 4.78 is 30.5. The largest absolute Gasteiger partial charge is 0.421 e. The number of rotatable bonds is 1. The van der Waals surface area contributed by atoms with Crippen molar-refractivity contribution in [3.63, 3.8) is 0 Å². The van der Waals surface area contributed by atoms with Crippen LogP contribution in [0, 0.1) is 11.6 Å². The number of hydrogen-bond acceptors (Lipinski definition) is 3. The van der Waals surface area contributed by atoms with Gasteiger partial charge in [-0.2, -0.15) is 0 Å². The first-order valence-electron chi connectivity index (χ1n) is 3.83. The van der Waals surface area contributed by atoms with E-state index in [4.69, 9.17) is 10.2 Å². The van der Waals surface area contributed by atoms with Crippen molar-refractivity contribution in [3.05, 3.63) is 36.0 Å². The Morgan fingerprint density at radius 2 is 1.79 bits per heavy atom. The van der Waals surface area contributed by atoms with Crippen molar-refractivity contribution in [1.29, 1.82) is 0 Å². The summed E-state index contributed by atoms with van der Waals surface area (Å²) in [4.78, 5) is 3.74. The molecule has 2 rings (SSSR count). The van der Waals surface area contributed by atoms with Crippen molar-refractivity contribution in [2.24, 2.45) is 0 Å². The van der Waals surface area contributed by atoms with Crippen molar-refractivity contribution in [3.8, 4) is 11.5 Å². The van der Waals surface area contributed by atoms with Gasteiger partial charge < -0.3 is 10.2 Å². The highest BCUT2D eigenvalue weighted by atomic mass is 19.1. The third-order valence-corrected chi connectivity index (χ3v) is 1.63. The van der Waals surface area contributed by atoms with Crippen LogP contribution in [0.15, 0.2) is 28.8 Å². The van der Waals surface area contributed by atoms with Crippen molar-refractivity contribution < 1.29 is 13.2 Å². The molecule has 0 atom stereocenters. The zero-order valence-electron chi connectivity index (χ0n) is 7.00. The lowest BCUT2D eigenvalue weighted by atomic mass is 10.2. The summed E-state index contributed by atoms with van der Waals surface area (Å²) in [5.41, 5.74) is 5.50. The summed E-state index contributed by atoms with van der Waals surface area (Å²) in [6, 6.07) is 3.01. The van der Waals surface area contributed by atoms with Gasteiger partial charge in [0.25, 0.3) is 0 Å². The Kier molecular flexibility index (Phi) is 1.92. The van der Waals surface area contributed by atoms with Crippen molar-refractivity contribution >= 4 is 5.88 Å². The van der Waals surface area contributed by atoms with Gasteiger partial charge in [0.1, 0.15) is 11.6 Å². The fraction of sp³-hybridized carbons (Fsp3) is 0. The smallest absolute Gasteiger partial charge is 0.228 e. The molecule has 0 aliphatic heterocycles. The van der Waals surface area contributed by atoms with Crippen LogP contribution in [0.3, 0.4) is 0 Å². The lowest BCUT2D eigenvalue weighted by Gasteiger charge is -1.96. The Morgan fingerprint density at radius 3 is 2.29 bits per heavy atom. The molecule has 0 aliphatic carbocycles. The molecule has 3 nitrogen and oxygen atoms in total. The second-order valence-electron chi connectivity index (χ2n) is 2.73. The Hall–Kier alpha value is -1.91. The third kappa shape index (κ3) is 1.56. The van der Waals surface area contributed by atoms with Crippen LogP contribution in [-0.4, -0.2) is 4.98 Å². The van der Waals surface area contributed by atoms with E-state index < -0.39 is 11.6 Å². The summed E-state index contributed by atoms with van der Waals surface area (Å²) in [5.74, 6) is -1.17. The van der Waals surface area contributed by atoms with Crippen molar-refractivity contribution in [2.45, 2.75) is 0 Å². The van der Waals surface area contributed by atoms with E-state index in [1.54, 1.807) is 0 Å². The molecule has 0 fully saturated rings. The number of benzene rings is 1. The van der Waals surface area contributed by atoms with Gasteiger partial charge in [-0.1, -0.05) is 0 Å². The van der Waals surface area contributed by atoms with Crippen LogP contribution in [0.25, 0.3) is 11.5 Å². The van der Waals surface area contributed by atoms with Gasteiger partial charge in [0.15, 0.2) is 0 Å². The van der Waals surface area contributed by atoms with Gasteiger partial charge in [-0.05, 0) is 12.1 Å². The highest BCUT2D eigenvalue weighted by molar-refractivity contribution is 5.54. The second kappa shape index (κ2) is 3.10. The standard InChI is InChI=1S/C9H6F2N2O/c10-6-1-5(2-7(11)3-6)9-13-4-8(12)14-9/h1-4H,12H2. The van der Waals surface area contributed by atoms with E-state index in [9.17, 15) is 8.78 Å². The first-order chi connectivity index (χ1) is 6.65. The maximum Gasteiger partial charge on any atom is 0.228 e. The average Bonchev–Trinajstić information content (AvgIpc) is 2.50. The number of oxazole rings is 1. The number of aromatic nitrogens is 1. The van der Waals surface area contributed by atoms with E-state index in [2.05, 4.69) is 4.98 Å². The third-order valence-electron chi connectivity index (χ3n) is 1.63. The first-order valence-corrected chi connectivity index (χ1v) is 3.83. The Bertz CT molecular complexity index is 447. The minimum Gasteiger partial charge on any atom is -0.421 e. The number of hydrogen-bond donors (Lipinski definition) is 1. The SMILES string of the molecule is Nc1cnc(-c2cc(F)cc(F)c2)o1. The molecule has 0 amide bonds. The fourth-order valence-electron chi connectivity index (χ4n) is 1.10. The van der Waals surface area contributed by atoms with Gasteiger partial charge in [0, 0.05) is 11.6 Å². The molecule has 5 heteroatoms. The molecule has 72 valence electrons. The molecular formula is C9H6F2N2O. The van der Waals surface area contributed by atoms with Gasteiger partial charge in [0.05, 0.1) is 6.20 Å². The minimum atomic E-state index is -0.684. The number of nitrogens with two attached hydrogens (primary N) is 1. The molecule has 0 saturated carbocycles. The molecular weight excluding hydrogens is 190 g/mol. The number of halogens is 2. The molecule has 0 radical (unpaired) electrons. The number of nitrogen functional groups attached to an aromatic ring is 1. The first kappa shape index (κ1) is 8.68. The van der Waals surface area contributed by atoms with Crippen molar-refractivity contribution in [2.75, 3.05) is 5.73 Å². The van der Waals surface area contributed by atoms with E-state index in [-0.39, 0.29) is 17.3 Å². The summed E-state index contributed by atoms with van der Waals surface area (Å²) in [7, 11) is 0. The zero-order chi connectivity index (χ0) is 10.1. The molecule has 2 aromatic rings. The molecule has 1 aromatic heterocycles. The van der Waals surface area contributed by atoms with E-state index in [0.29, 0.717) is 0 Å².